The summed E-state index contributed by atoms with van der Waals surface area (Å²) in [7, 11) is 3.12. The summed E-state index contributed by atoms with van der Waals surface area (Å²) < 4.78 is 15.6. The summed E-state index contributed by atoms with van der Waals surface area (Å²) in [6, 6.07) is 8.55. The lowest BCUT2D eigenvalue weighted by Crippen LogP contribution is -2.30. The first-order valence-corrected chi connectivity index (χ1v) is 8.63. The van der Waals surface area contributed by atoms with E-state index in [1.165, 1.54) is 13.1 Å². The molecule has 0 bridgehead atoms. The van der Waals surface area contributed by atoms with Crippen LogP contribution in [0.5, 0.6) is 11.5 Å². The summed E-state index contributed by atoms with van der Waals surface area (Å²) in [4.78, 5) is 28.1. The Bertz CT molecular complexity index is 773. The van der Waals surface area contributed by atoms with Gasteiger partial charge in [-0.3, -0.25) is 9.59 Å². The quantitative estimate of drug-likeness (QED) is 0.694. The molecule has 8 heteroatoms. The molecule has 0 aliphatic carbocycles. The zero-order chi connectivity index (χ0) is 19.8. The van der Waals surface area contributed by atoms with Gasteiger partial charge in [0.15, 0.2) is 6.10 Å². The summed E-state index contributed by atoms with van der Waals surface area (Å²) in [5.74, 6) is 0.655. The van der Waals surface area contributed by atoms with Crippen LogP contribution >= 0.6 is 11.6 Å². The number of aryl methyl sites for hydroxylation is 1. The average Bonchev–Trinajstić information content (AvgIpc) is 2.67. The highest BCUT2D eigenvalue weighted by Gasteiger charge is 2.18. The number of ether oxygens (including phenoxy) is 3. The van der Waals surface area contributed by atoms with Crippen LogP contribution in [0.15, 0.2) is 36.5 Å². The van der Waals surface area contributed by atoms with E-state index < -0.39 is 18.0 Å². The molecule has 1 aromatic carbocycles. The fourth-order valence-corrected chi connectivity index (χ4v) is 2.36. The molecule has 7 nitrogen and oxygen atoms in total. The van der Waals surface area contributed by atoms with E-state index in [9.17, 15) is 9.59 Å². The second-order valence-electron chi connectivity index (χ2n) is 5.70. The number of pyridine rings is 1. The predicted octanol–water partition coefficient (Wildman–Crippen LogP) is 3.26. The van der Waals surface area contributed by atoms with E-state index in [-0.39, 0.29) is 6.42 Å². The average molecular weight is 393 g/mol. The molecule has 0 aliphatic heterocycles. The van der Waals surface area contributed by atoms with Crippen LogP contribution in [-0.2, 0) is 20.7 Å². The van der Waals surface area contributed by atoms with Crippen molar-refractivity contribution in [2.45, 2.75) is 25.9 Å². The number of rotatable bonds is 8. The molecule has 0 radical (unpaired) electrons. The van der Waals surface area contributed by atoms with Gasteiger partial charge in [0.25, 0.3) is 5.91 Å². The molecule has 1 heterocycles. The Morgan fingerprint density at radius 2 is 1.81 bits per heavy atom. The highest BCUT2D eigenvalue weighted by Crippen LogP contribution is 2.23. The van der Waals surface area contributed by atoms with Crippen LogP contribution < -0.4 is 14.8 Å². The number of carbonyl (C=O) groups is 2. The van der Waals surface area contributed by atoms with Crippen LogP contribution in [0.4, 0.5) is 5.82 Å². The van der Waals surface area contributed by atoms with E-state index in [0.717, 1.165) is 5.56 Å². The molecule has 2 rings (SSSR count). The van der Waals surface area contributed by atoms with Gasteiger partial charge in [0.05, 0.1) is 19.2 Å². The summed E-state index contributed by atoms with van der Waals surface area (Å²) in [5, 5.41) is 3.02. The standard InChI is InChI=1S/C19H21ClN2O5/c1-12(19(24)22-17-6-5-14(20)11-21-17)27-18(23)7-4-13-8-15(25-2)10-16(9-13)26-3/h5-6,8-12H,4,7H2,1-3H3,(H,21,22,24)/t12-/m1/s1. The molecule has 1 atom stereocenters. The second kappa shape index (κ2) is 9.78. The molecule has 0 saturated carbocycles. The fourth-order valence-electron chi connectivity index (χ4n) is 2.24. The number of methoxy groups -OCH3 is 2. The smallest absolute Gasteiger partial charge is 0.306 e. The number of benzene rings is 1. The molecule has 1 amide bonds. The van der Waals surface area contributed by atoms with Gasteiger partial charge in [-0.15, -0.1) is 0 Å². The Kier molecular flexibility index (Phi) is 7.43. The van der Waals surface area contributed by atoms with Crippen molar-refractivity contribution in [1.82, 2.24) is 4.98 Å². The van der Waals surface area contributed by atoms with Crippen LogP contribution in [-0.4, -0.2) is 37.2 Å². The van der Waals surface area contributed by atoms with Gasteiger partial charge in [0.2, 0.25) is 0 Å². The topological polar surface area (TPSA) is 86.8 Å². The van der Waals surface area contributed by atoms with Crippen LogP contribution in [0.2, 0.25) is 5.02 Å². The highest BCUT2D eigenvalue weighted by molar-refractivity contribution is 6.30. The molecule has 0 spiro atoms. The van der Waals surface area contributed by atoms with Gasteiger partial charge in [0.1, 0.15) is 17.3 Å². The number of halogens is 1. The largest absolute Gasteiger partial charge is 0.497 e. The van der Waals surface area contributed by atoms with Gasteiger partial charge in [-0.25, -0.2) is 4.98 Å². The second-order valence-corrected chi connectivity index (χ2v) is 6.14. The molecule has 0 fully saturated rings. The number of hydrogen-bond donors (Lipinski definition) is 1. The molecular weight excluding hydrogens is 372 g/mol. The minimum atomic E-state index is -0.949. The van der Waals surface area contributed by atoms with E-state index in [2.05, 4.69) is 10.3 Å². The molecular formula is C19H21ClN2O5. The van der Waals surface area contributed by atoms with Crippen LogP contribution in [0, 0.1) is 0 Å². The maximum atomic E-state index is 12.1. The van der Waals surface area contributed by atoms with E-state index in [1.54, 1.807) is 32.4 Å². The number of amides is 1. The Morgan fingerprint density at radius 3 is 2.37 bits per heavy atom. The van der Waals surface area contributed by atoms with Gasteiger partial charge < -0.3 is 19.5 Å². The van der Waals surface area contributed by atoms with E-state index in [0.29, 0.717) is 28.8 Å². The lowest BCUT2D eigenvalue weighted by Gasteiger charge is -2.13. The zero-order valence-electron chi connectivity index (χ0n) is 15.3. The van der Waals surface area contributed by atoms with Crippen molar-refractivity contribution < 1.29 is 23.8 Å². The zero-order valence-corrected chi connectivity index (χ0v) is 16.1. The van der Waals surface area contributed by atoms with Crippen molar-refractivity contribution in [3.8, 4) is 11.5 Å². The number of anilines is 1. The number of aromatic nitrogens is 1. The minimum Gasteiger partial charge on any atom is -0.497 e. The van der Waals surface area contributed by atoms with Crippen molar-refractivity contribution in [2.24, 2.45) is 0 Å². The molecule has 0 saturated heterocycles. The van der Waals surface area contributed by atoms with Crippen LogP contribution in [0.25, 0.3) is 0 Å². The Balaban J connectivity index is 1.85. The molecule has 1 aromatic heterocycles. The highest BCUT2D eigenvalue weighted by atomic mass is 35.5. The third-order valence-electron chi connectivity index (χ3n) is 3.69. The Hall–Kier alpha value is -2.80. The normalized spacial score (nSPS) is 11.4. The summed E-state index contributed by atoms with van der Waals surface area (Å²) in [6.07, 6.45) is 1.01. The predicted molar refractivity (Wildman–Crippen MR) is 101 cm³/mol. The van der Waals surface area contributed by atoms with Crippen molar-refractivity contribution in [2.75, 3.05) is 19.5 Å². The van der Waals surface area contributed by atoms with Gasteiger partial charge in [-0.2, -0.15) is 0 Å². The Morgan fingerprint density at radius 1 is 1.15 bits per heavy atom. The Labute approximate surface area is 162 Å². The van der Waals surface area contributed by atoms with Gasteiger partial charge in [-0.1, -0.05) is 11.6 Å². The number of esters is 1. The van der Waals surface area contributed by atoms with E-state index in [1.807, 2.05) is 12.1 Å². The number of nitrogens with zero attached hydrogens (tertiary/aromatic N) is 1. The van der Waals surface area contributed by atoms with Crippen molar-refractivity contribution in [3.63, 3.8) is 0 Å². The first-order valence-electron chi connectivity index (χ1n) is 8.25. The van der Waals surface area contributed by atoms with Crippen LogP contribution in [0.1, 0.15) is 18.9 Å². The molecule has 0 unspecified atom stereocenters. The van der Waals surface area contributed by atoms with E-state index >= 15 is 0 Å². The molecule has 2 aromatic rings. The molecule has 27 heavy (non-hydrogen) atoms. The molecule has 1 N–H and O–H groups in total. The molecule has 0 aliphatic rings. The van der Waals surface area contributed by atoms with Crippen molar-refractivity contribution >= 4 is 29.3 Å². The van der Waals surface area contributed by atoms with Gasteiger partial charge in [0, 0.05) is 18.7 Å². The van der Waals surface area contributed by atoms with Gasteiger partial charge >= 0.3 is 5.97 Å². The first kappa shape index (κ1) is 20.5. The first-order chi connectivity index (χ1) is 12.9. The van der Waals surface area contributed by atoms with E-state index in [4.69, 9.17) is 25.8 Å². The maximum Gasteiger partial charge on any atom is 0.306 e. The number of carbonyl (C=O) groups excluding carboxylic acids is 2. The third-order valence-corrected chi connectivity index (χ3v) is 3.91. The third kappa shape index (κ3) is 6.45. The van der Waals surface area contributed by atoms with Crippen molar-refractivity contribution in [3.05, 3.63) is 47.1 Å². The number of hydrogen-bond acceptors (Lipinski definition) is 6. The van der Waals surface area contributed by atoms with Crippen molar-refractivity contribution in [1.29, 1.82) is 0 Å². The summed E-state index contributed by atoms with van der Waals surface area (Å²) in [6.45, 7) is 1.50. The monoisotopic (exact) mass is 392 g/mol. The fraction of sp³-hybridized carbons (Fsp3) is 0.316. The minimum absolute atomic E-state index is 0.118. The summed E-state index contributed by atoms with van der Waals surface area (Å²) in [5.41, 5.74) is 0.866. The molecule has 144 valence electrons. The SMILES string of the molecule is COc1cc(CCC(=O)O[C@H](C)C(=O)Nc2ccc(Cl)cn2)cc(OC)c1. The maximum absolute atomic E-state index is 12.1. The van der Waals surface area contributed by atoms with Gasteiger partial charge in [-0.05, 0) is 43.2 Å². The van der Waals surface area contributed by atoms with Crippen LogP contribution in [0.3, 0.4) is 0 Å². The number of nitrogens with one attached hydrogen (secondary N) is 1. The summed E-state index contributed by atoms with van der Waals surface area (Å²) >= 11 is 5.74. The lowest BCUT2D eigenvalue weighted by molar-refractivity contribution is -0.153. The lowest BCUT2D eigenvalue weighted by atomic mass is 10.1.